The Balaban J connectivity index is 2.62. The van der Waals surface area contributed by atoms with Gasteiger partial charge in [-0.05, 0) is 65.4 Å². The lowest BCUT2D eigenvalue weighted by Gasteiger charge is -2.24. The van der Waals surface area contributed by atoms with Crippen LogP contribution in [0.15, 0.2) is 24.3 Å². The van der Waals surface area contributed by atoms with Crippen molar-refractivity contribution in [2.45, 2.75) is 47.1 Å². The van der Waals surface area contributed by atoms with Crippen LogP contribution >= 0.6 is 0 Å². The molecule has 156 valence electrons. The van der Waals surface area contributed by atoms with Gasteiger partial charge in [-0.1, -0.05) is 6.92 Å². The first-order valence-corrected chi connectivity index (χ1v) is 9.82. The average Bonchev–Trinajstić information content (AvgIpc) is 2.61. The molecule has 0 saturated carbocycles. The summed E-state index contributed by atoms with van der Waals surface area (Å²) >= 11 is 0. The molecule has 7 heteroatoms. The second-order valence-electron chi connectivity index (χ2n) is 7.70. The summed E-state index contributed by atoms with van der Waals surface area (Å²) in [5.41, 5.74) is 0.912. The van der Waals surface area contributed by atoms with Gasteiger partial charge in [-0.2, -0.15) is 0 Å². The van der Waals surface area contributed by atoms with Crippen molar-refractivity contribution in [1.82, 2.24) is 15.1 Å². The molecule has 7 nitrogen and oxygen atoms in total. The number of anilines is 1. The van der Waals surface area contributed by atoms with Crippen LogP contribution in [0.3, 0.4) is 0 Å². The molecule has 0 atom stereocenters. The van der Waals surface area contributed by atoms with E-state index in [4.69, 9.17) is 0 Å². The smallest absolute Gasteiger partial charge is 0.253 e. The number of hydrogen-bond acceptors (Lipinski definition) is 4. The number of nitrogens with one attached hydrogen (secondary N) is 2. The maximum Gasteiger partial charge on any atom is 0.253 e. The first-order valence-electron chi connectivity index (χ1n) is 9.82. The molecule has 1 aromatic rings. The third-order valence-corrected chi connectivity index (χ3v) is 4.16. The summed E-state index contributed by atoms with van der Waals surface area (Å²) in [6.07, 6.45) is 0. The van der Waals surface area contributed by atoms with Crippen molar-refractivity contribution in [2.24, 2.45) is 0 Å². The molecule has 0 fully saturated rings. The van der Waals surface area contributed by atoms with E-state index in [9.17, 15) is 14.4 Å². The maximum absolute atomic E-state index is 12.3. The van der Waals surface area contributed by atoms with Crippen molar-refractivity contribution < 1.29 is 14.4 Å². The normalized spacial score (nSPS) is 11.2. The summed E-state index contributed by atoms with van der Waals surface area (Å²) < 4.78 is 0. The first kappa shape index (κ1) is 23.6. The molecule has 1 rings (SSSR count). The molecule has 0 aliphatic heterocycles. The molecule has 0 spiro atoms. The topological polar surface area (TPSA) is 81.8 Å². The zero-order valence-electron chi connectivity index (χ0n) is 18.0. The van der Waals surface area contributed by atoms with Gasteiger partial charge in [0.05, 0.1) is 13.1 Å². The van der Waals surface area contributed by atoms with Gasteiger partial charge in [-0.15, -0.1) is 0 Å². The third-order valence-electron chi connectivity index (χ3n) is 4.16. The van der Waals surface area contributed by atoms with E-state index in [1.54, 1.807) is 34.1 Å². The highest BCUT2D eigenvalue weighted by Gasteiger charge is 2.18. The zero-order chi connectivity index (χ0) is 21.3. The van der Waals surface area contributed by atoms with Gasteiger partial charge >= 0.3 is 0 Å². The second kappa shape index (κ2) is 10.8. The number of carbonyl (C=O) groups excluding carboxylic acids is 3. The van der Waals surface area contributed by atoms with Crippen LogP contribution in [0.1, 0.15) is 51.9 Å². The Hall–Kier alpha value is -2.41. The Morgan fingerprint density at radius 2 is 1.39 bits per heavy atom. The number of carbonyl (C=O) groups is 3. The van der Waals surface area contributed by atoms with E-state index in [1.165, 1.54) is 0 Å². The monoisotopic (exact) mass is 390 g/mol. The predicted octanol–water partition coefficient (Wildman–Crippen LogP) is 2.34. The summed E-state index contributed by atoms with van der Waals surface area (Å²) in [5, 5.41) is 5.71. The van der Waals surface area contributed by atoms with E-state index in [1.807, 2.05) is 41.5 Å². The highest BCUT2D eigenvalue weighted by molar-refractivity contribution is 5.96. The van der Waals surface area contributed by atoms with Crippen molar-refractivity contribution >= 4 is 23.4 Å². The van der Waals surface area contributed by atoms with Gasteiger partial charge in [0.2, 0.25) is 11.8 Å². The fraction of sp³-hybridized carbons (Fsp3) is 0.571. The van der Waals surface area contributed by atoms with Crippen molar-refractivity contribution in [2.75, 3.05) is 38.0 Å². The molecule has 0 aliphatic carbocycles. The lowest BCUT2D eigenvalue weighted by Crippen LogP contribution is -2.47. The molecule has 28 heavy (non-hydrogen) atoms. The van der Waals surface area contributed by atoms with Crippen molar-refractivity contribution in [3.63, 3.8) is 0 Å². The average molecular weight is 391 g/mol. The minimum atomic E-state index is -0.303. The Labute approximate surface area is 168 Å². The lowest BCUT2D eigenvalue weighted by molar-refractivity contribution is -0.124. The molecule has 2 N–H and O–H groups in total. The van der Waals surface area contributed by atoms with Crippen LogP contribution in [-0.4, -0.2) is 65.8 Å². The molecule has 0 aromatic heterocycles. The van der Waals surface area contributed by atoms with E-state index in [0.29, 0.717) is 30.9 Å². The Morgan fingerprint density at radius 1 is 0.857 bits per heavy atom. The summed E-state index contributed by atoms with van der Waals surface area (Å²) in [7, 11) is 0. The van der Waals surface area contributed by atoms with Crippen molar-refractivity contribution in [1.29, 1.82) is 0 Å². The molecule has 0 heterocycles. The zero-order valence-corrected chi connectivity index (χ0v) is 18.0. The summed E-state index contributed by atoms with van der Waals surface area (Å²) in [5.74, 6) is -0.334. The fourth-order valence-corrected chi connectivity index (χ4v) is 2.73. The van der Waals surface area contributed by atoms with Gasteiger partial charge < -0.3 is 15.5 Å². The van der Waals surface area contributed by atoms with E-state index in [2.05, 4.69) is 10.6 Å². The van der Waals surface area contributed by atoms with Gasteiger partial charge in [-0.3, -0.25) is 19.3 Å². The van der Waals surface area contributed by atoms with Crippen LogP contribution in [0.25, 0.3) is 0 Å². The molecule has 0 unspecified atom stereocenters. The molecule has 3 amide bonds. The van der Waals surface area contributed by atoms with Crippen molar-refractivity contribution in [3.8, 4) is 0 Å². The highest BCUT2D eigenvalue weighted by Crippen LogP contribution is 2.12. The fourth-order valence-electron chi connectivity index (χ4n) is 2.73. The Morgan fingerprint density at radius 3 is 1.86 bits per heavy atom. The minimum Gasteiger partial charge on any atom is -0.350 e. The number of benzene rings is 1. The number of amides is 3. The van der Waals surface area contributed by atoms with Gasteiger partial charge in [0.1, 0.15) is 0 Å². The second-order valence-corrected chi connectivity index (χ2v) is 7.70. The number of hydrogen-bond donors (Lipinski definition) is 2. The van der Waals surface area contributed by atoms with E-state index in [-0.39, 0.29) is 36.3 Å². The molecular formula is C21H34N4O3. The quantitative estimate of drug-likeness (QED) is 0.678. The van der Waals surface area contributed by atoms with Crippen LogP contribution in [-0.2, 0) is 9.59 Å². The van der Waals surface area contributed by atoms with E-state index < -0.39 is 0 Å². The largest absolute Gasteiger partial charge is 0.350 e. The van der Waals surface area contributed by atoms with Crippen LogP contribution < -0.4 is 10.6 Å². The van der Waals surface area contributed by atoms with Gasteiger partial charge in [0, 0.05) is 29.9 Å². The Kier molecular flexibility index (Phi) is 9.12. The number of rotatable bonds is 9. The van der Waals surface area contributed by atoms with Crippen LogP contribution in [0.2, 0.25) is 0 Å². The van der Waals surface area contributed by atoms with Gasteiger partial charge in [0.15, 0.2) is 0 Å². The van der Waals surface area contributed by atoms with E-state index in [0.717, 1.165) is 0 Å². The molecule has 0 aliphatic rings. The SMILES string of the molecule is CCN(CC(=O)Nc1ccc(C(=O)N(CC)CC)cc1)CC(=O)NC(C)(C)C. The van der Waals surface area contributed by atoms with Crippen LogP contribution in [0, 0.1) is 0 Å². The molecule has 1 aromatic carbocycles. The first-order chi connectivity index (χ1) is 13.1. The maximum atomic E-state index is 12.3. The van der Waals surface area contributed by atoms with Crippen LogP contribution in [0.5, 0.6) is 0 Å². The molecule has 0 saturated heterocycles. The molecular weight excluding hydrogens is 356 g/mol. The van der Waals surface area contributed by atoms with Crippen LogP contribution in [0.4, 0.5) is 5.69 Å². The Bertz CT molecular complexity index is 661. The number of nitrogens with zero attached hydrogens (tertiary/aromatic N) is 2. The summed E-state index contributed by atoms with van der Waals surface area (Å²) in [6.45, 7) is 13.7. The number of likely N-dealkylation sites (N-methyl/N-ethyl adjacent to an activating group) is 1. The van der Waals surface area contributed by atoms with E-state index >= 15 is 0 Å². The summed E-state index contributed by atoms with van der Waals surface area (Å²) in [6, 6.07) is 6.86. The minimum absolute atomic E-state index is 0.0232. The third kappa shape index (κ3) is 8.08. The molecule has 0 bridgehead atoms. The van der Waals surface area contributed by atoms with Crippen molar-refractivity contribution in [3.05, 3.63) is 29.8 Å². The molecule has 0 radical (unpaired) electrons. The standard InChI is InChI=1S/C21H34N4O3/c1-7-24(15-19(27)23-21(4,5)6)14-18(26)22-17-12-10-16(11-13-17)20(28)25(8-2)9-3/h10-13H,7-9,14-15H2,1-6H3,(H,22,26)(H,23,27). The summed E-state index contributed by atoms with van der Waals surface area (Å²) in [4.78, 5) is 40.2. The van der Waals surface area contributed by atoms with Gasteiger partial charge in [-0.25, -0.2) is 0 Å². The van der Waals surface area contributed by atoms with Gasteiger partial charge in [0.25, 0.3) is 5.91 Å². The highest BCUT2D eigenvalue weighted by atomic mass is 16.2. The predicted molar refractivity (Wildman–Crippen MR) is 112 cm³/mol. The lowest BCUT2D eigenvalue weighted by atomic mass is 10.1.